The van der Waals surface area contributed by atoms with Crippen LogP contribution < -0.4 is 10.4 Å². The molecule has 1 amide bonds. The number of nitrogens with zero attached hydrogens (tertiary/aromatic N) is 5. The van der Waals surface area contributed by atoms with Crippen molar-refractivity contribution < 1.29 is 17.9 Å². The maximum Gasteiger partial charge on any atom is 0.344 e. The van der Waals surface area contributed by atoms with E-state index >= 15 is 0 Å². The number of methoxy groups -OCH3 is 1. The summed E-state index contributed by atoms with van der Waals surface area (Å²) in [6.45, 7) is 8.35. The topological polar surface area (TPSA) is 97.1 Å². The van der Waals surface area contributed by atoms with Crippen LogP contribution in [0.4, 0.5) is 0 Å². The first kappa shape index (κ1) is 30.4. The van der Waals surface area contributed by atoms with Crippen molar-refractivity contribution in [1.29, 1.82) is 0 Å². The average molecular weight is 638 g/mol. The van der Waals surface area contributed by atoms with Crippen LogP contribution in [0.15, 0.2) is 82.5 Å². The van der Waals surface area contributed by atoms with Crippen molar-refractivity contribution in [3.63, 3.8) is 0 Å². The minimum Gasteiger partial charge on any atom is -0.497 e. The Kier molecular flexibility index (Phi) is 8.56. The summed E-state index contributed by atoms with van der Waals surface area (Å²) in [5.74, 6) is 0.218. The van der Waals surface area contributed by atoms with Gasteiger partial charge in [-0.25, -0.2) is 13.2 Å². The molecule has 1 atom stereocenters. The second-order valence-corrected chi connectivity index (χ2v) is 13.5. The van der Waals surface area contributed by atoms with Gasteiger partial charge in [-0.1, -0.05) is 48.9 Å². The van der Waals surface area contributed by atoms with E-state index in [0.717, 1.165) is 43.1 Å². The molecule has 0 aliphatic carbocycles. The van der Waals surface area contributed by atoms with Crippen LogP contribution in [0.5, 0.6) is 5.75 Å². The molecule has 6 rings (SSSR count). The number of likely N-dealkylation sites (tertiary alicyclic amines) is 1. The lowest BCUT2D eigenvalue weighted by Gasteiger charge is -2.48. The number of carbonyl (C=O) groups is 1. The van der Waals surface area contributed by atoms with Gasteiger partial charge in [-0.3, -0.25) is 14.3 Å². The Morgan fingerprint density at radius 2 is 1.64 bits per heavy atom. The van der Waals surface area contributed by atoms with E-state index in [-0.39, 0.29) is 27.9 Å². The lowest BCUT2D eigenvalue weighted by molar-refractivity contribution is -0.141. The van der Waals surface area contributed by atoms with Crippen molar-refractivity contribution in [2.24, 2.45) is 0 Å². The van der Waals surface area contributed by atoms with Crippen LogP contribution in [0.2, 0.25) is 5.02 Å². The monoisotopic (exact) mass is 637 g/mol. The number of aromatic nitrogens is 2. The maximum atomic E-state index is 14.3. The number of carbonyl (C=O) groups excluding carboxylic acids is 1. The highest BCUT2D eigenvalue weighted by Crippen LogP contribution is 2.31. The van der Waals surface area contributed by atoms with E-state index in [4.69, 9.17) is 16.3 Å². The molecule has 4 aromatic rings. The molecule has 10 nitrogen and oxygen atoms in total. The number of rotatable bonds is 9. The van der Waals surface area contributed by atoms with Gasteiger partial charge >= 0.3 is 5.69 Å². The largest absolute Gasteiger partial charge is 0.497 e. The van der Waals surface area contributed by atoms with Crippen LogP contribution in [0.3, 0.4) is 0 Å². The van der Waals surface area contributed by atoms with Crippen LogP contribution in [-0.4, -0.2) is 96.5 Å². The number of ether oxygens (including phenoxy) is 1. The molecule has 0 N–H and O–H groups in total. The van der Waals surface area contributed by atoms with E-state index < -0.39 is 21.8 Å². The van der Waals surface area contributed by atoms with Crippen LogP contribution in [0, 0.1) is 0 Å². The zero-order chi connectivity index (χ0) is 31.0. The van der Waals surface area contributed by atoms with Gasteiger partial charge in [0.2, 0.25) is 0 Å². The maximum absolute atomic E-state index is 14.3. The van der Waals surface area contributed by atoms with Gasteiger partial charge in [0.1, 0.15) is 11.8 Å². The van der Waals surface area contributed by atoms with E-state index in [0.29, 0.717) is 29.4 Å². The fraction of sp³-hybridized carbons (Fsp3) is 0.375. The van der Waals surface area contributed by atoms with Crippen LogP contribution >= 0.6 is 11.6 Å². The van der Waals surface area contributed by atoms with E-state index in [1.807, 2.05) is 6.07 Å². The van der Waals surface area contributed by atoms with Gasteiger partial charge in [0.15, 0.2) is 0 Å². The number of halogens is 1. The molecule has 12 heteroatoms. The standard InChI is InChI=1S/C32H36ClN5O5S/c1-3-15-34-16-18-35(19-17-34)25-21-36(22-25)31(39)30(23-7-5-4-6-8-23)37-29-20-24(33)9-14-28(29)38(32(37)40)44(41,42)27-12-10-26(43-2)11-13-27/h4-14,20,25,30H,3,15-19,21-22H2,1-2H3. The first-order chi connectivity index (χ1) is 21.2. The second kappa shape index (κ2) is 12.4. The number of amides is 1. The third-order valence-corrected chi connectivity index (χ3v) is 10.6. The van der Waals surface area contributed by atoms with Crippen molar-refractivity contribution in [2.45, 2.75) is 30.3 Å². The summed E-state index contributed by atoms with van der Waals surface area (Å²) in [6.07, 6.45) is 1.13. The third-order valence-electron chi connectivity index (χ3n) is 8.64. The fourth-order valence-electron chi connectivity index (χ4n) is 6.25. The molecule has 2 saturated heterocycles. The highest BCUT2D eigenvalue weighted by Gasteiger charge is 2.41. The van der Waals surface area contributed by atoms with Crippen LogP contribution in [0.25, 0.3) is 11.0 Å². The Labute approximate surface area is 262 Å². The van der Waals surface area contributed by atoms with Crippen molar-refractivity contribution in [3.05, 3.63) is 93.9 Å². The Morgan fingerprint density at radius 1 is 0.955 bits per heavy atom. The number of hydrogen-bond acceptors (Lipinski definition) is 7. The lowest BCUT2D eigenvalue weighted by atomic mass is 10.00. The average Bonchev–Trinajstić information content (AvgIpc) is 3.29. The number of piperazine rings is 1. The second-order valence-electron chi connectivity index (χ2n) is 11.3. The summed E-state index contributed by atoms with van der Waals surface area (Å²) < 4.78 is 35.1. The molecular formula is C32H36ClN5O5S. The van der Waals surface area contributed by atoms with E-state index in [1.54, 1.807) is 29.2 Å². The van der Waals surface area contributed by atoms with Gasteiger partial charge in [-0.15, -0.1) is 0 Å². The SMILES string of the molecule is CCCN1CCN(C2CN(C(=O)C(c3ccccc3)n3c(=O)n(S(=O)(=O)c4ccc(OC)cc4)c4ccc(Cl)cc43)C2)CC1. The van der Waals surface area contributed by atoms with Crippen molar-refractivity contribution in [3.8, 4) is 5.75 Å². The predicted octanol–water partition coefficient (Wildman–Crippen LogP) is 3.53. The quantitative estimate of drug-likeness (QED) is 0.277. The predicted molar refractivity (Wildman–Crippen MR) is 170 cm³/mol. The summed E-state index contributed by atoms with van der Waals surface area (Å²) in [5, 5.41) is 0.315. The number of imidazole rings is 1. The Hall–Kier alpha value is -3.64. The highest BCUT2D eigenvalue weighted by atomic mass is 35.5. The van der Waals surface area contributed by atoms with Crippen molar-refractivity contribution >= 4 is 38.6 Å². The minimum atomic E-state index is -4.35. The van der Waals surface area contributed by atoms with Crippen LogP contribution in [-0.2, 0) is 14.8 Å². The van der Waals surface area contributed by atoms with Gasteiger partial charge in [-0.2, -0.15) is 3.97 Å². The smallest absolute Gasteiger partial charge is 0.344 e. The van der Waals surface area contributed by atoms with Gasteiger partial charge in [0.25, 0.3) is 15.9 Å². The highest BCUT2D eigenvalue weighted by molar-refractivity contribution is 7.90. The molecular weight excluding hydrogens is 602 g/mol. The molecule has 0 bridgehead atoms. The molecule has 3 heterocycles. The first-order valence-electron chi connectivity index (χ1n) is 14.8. The zero-order valence-corrected chi connectivity index (χ0v) is 26.4. The molecule has 0 radical (unpaired) electrons. The Balaban J connectivity index is 1.38. The minimum absolute atomic E-state index is 0.0818. The molecule has 2 fully saturated rings. The molecule has 2 aliphatic heterocycles. The van der Waals surface area contributed by atoms with Gasteiger partial charge in [-0.05, 0) is 61.0 Å². The van der Waals surface area contributed by atoms with Crippen LogP contribution in [0.1, 0.15) is 24.9 Å². The number of benzene rings is 3. The third kappa shape index (κ3) is 5.53. The summed E-state index contributed by atoms with van der Waals surface area (Å²) in [7, 11) is -2.86. The van der Waals surface area contributed by atoms with Gasteiger partial charge in [0.05, 0.1) is 23.0 Å². The molecule has 0 spiro atoms. The summed E-state index contributed by atoms with van der Waals surface area (Å²) in [5.41, 5.74) is 0.128. The molecule has 2 aliphatic rings. The van der Waals surface area contributed by atoms with Gasteiger partial charge in [0, 0.05) is 50.3 Å². The molecule has 1 aromatic heterocycles. The number of hydrogen-bond donors (Lipinski definition) is 0. The number of fused-ring (bicyclic) bond motifs is 1. The lowest BCUT2D eigenvalue weighted by Crippen LogP contribution is -2.65. The molecule has 232 valence electrons. The van der Waals surface area contributed by atoms with Crippen molar-refractivity contribution in [1.82, 2.24) is 23.2 Å². The molecule has 0 saturated carbocycles. The van der Waals surface area contributed by atoms with E-state index in [2.05, 4.69) is 16.7 Å². The van der Waals surface area contributed by atoms with Crippen molar-refractivity contribution in [2.75, 3.05) is 52.9 Å². The zero-order valence-electron chi connectivity index (χ0n) is 24.8. The van der Waals surface area contributed by atoms with E-state index in [1.165, 1.54) is 54.1 Å². The van der Waals surface area contributed by atoms with Gasteiger partial charge < -0.3 is 14.5 Å². The molecule has 1 unspecified atom stereocenters. The normalized spacial score (nSPS) is 17.5. The molecule has 44 heavy (non-hydrogen) atoms. The fourth-order valence-corrected chi connectivity index (χ4v) is 7.81. The summed E-state index contributed by atoms with van der Waals surface area (Å²) >= 11 is 6.39. The Bertz CT molecular complexity index is 1810. The molecule has 3 aromatic carbocycles. The van der Waals surface area contributed by atoms with E-state index in [9.17, 15) is 18.0 Å². The summed E-state index contributed by atoms with van der Waals surface area (Å²) in [4.78, 5) is 35.2. The Morgan fingerprint density at radius 3 is 2.27 bits per heavy atom. The summed E-state index contributed by atoms with van der Waals surface area (Å²) in [6, 6.07) is 18.6. The first-order valence-corrected chi connectivity index (χ1v) is 16.7.